The Bertz CT molecular complexity index is 1550. The Morgan fingerprint density at radius 1 is 0.971 bits per heavy atom. The smallest absolute Gasteiger partial charge is 0.151 e. The van der Waals surface area contributed by atoms with Gasteiger partial charge in [-0.15, -0.1) is 0 Å². The molecule has 0 saturated carbocycles. The molecule has 172 valence electrons. The summed E-state index contributed by atoms with van der Waals surface area (Å²) in [6, 6.07) is 28.0. The molecule has 0 aliphatic rings. The number of hydrogen-bond acceptors (Lipinski definition) is 4. The lowest BCUT2D eigenvalue weighted by Crippen LogP contribution is -2.05. The molecule has 0 fully saturated rings. The van der Waals surface area contributed by atoms with Crippen molar-refractivity contribution in [2.75, 3.05) is 0 Å². The van der Waals surface area contributed by atoms with E-state index in [1.165, 1.54) is 0 Å². The monoisotopic (exact) mass is 459 g/mol. The fourth-order valence-electron chi connectivity index (χ4n) is 4.08. The molecule has 5 rings (SSSR count). The van der Waals surface area contributed by atoms with Crippen LogP contribution in [0.3, 0.4) is 0 Å². The quantitative estimate of drug-likeness (QED) is 0.280. The van der Waals surface area contributed by atoms with Crippen LogP contribution in [0.2, 0.25) is 0 Å². The number of rotatable bonds is 6. The van der Waals surface area contributed by atoms with Gasteiger partial charge < -0.3 is 9.30 Å². The molecule has 5 aromatic rings. The second-order valence-electron chi connectivity index (χ2n) is 8.56. The average Bonchev–Trinajstić information content (AvgIpc) is 3.45. The van der Waals surface area contributed by atoms with Crippen molar-refractivity contribution in [1.82, 2.24) is 19.3 Å². The molecule has 6 heteroatoms. The van der Waals surface area contributed by atoms with Crippen molar-refractivity contribution in [1.29, 1.82) is 5.26 Å². The molecular weight excluding hydrogens is 434 g/mol. The van der Waals surface area contributed by atoms with E-state index in [1.54, 1.807) is 0 Å². The van der Waals surface area contributed by atoms with Crippen LogP contribution in [0.25, 0.3) is 39.6 Å². The maximum Gasteiger partial charge on any atom is 0.151 e. The lowest BCUT2D eigenvalue weighted by molar-refractivity contribution is 0.242. The molecule has 0 amide bonds. The normalized spacial score (nSPS) is 11.7. The van der Waals surface area contributed by atoms with E-state index in [4.69, 9.17) is 14.8 Å². The van der Waals surface area contributed by atoms with Crippen LogP contribution in [-0.4, -0.2) is 25.4 Å². The number of ether oxygens (including phenoxy) is 1. The number of benzene rings is 3. The van der Waals surface area contributed by atoms with Crippen molar-refractivity contribution in [2.45, 2.75) is 20.0 Å². The van der Waals surface area contributed by atoms with Gasteiger partial charge in [-0.2, -0.15) is 10.4 Å². The minimum absolute atomic E-state index is 0.100. The number of fused-ring (bicyclic) bond motifs is 1. The molecule has 0 atom stereocenters. The minimum Gasteiger partial charge on any atom is -0.491 e. The molecule has 35 heavy (non-hydrogen) atoms. The maximum absolute atomic E-state index is 10.1. The topological polar surface area (TPSA) is 68.7 Å². The number of aryl methyl sites for hydroxylation is 1. The zero-order valence-electron chi connectivity index (χ0n) is 19.9. The predicted octanol–water partition coefficient (Wildman–Crippen LogP) is 6.28. The molecule has 3 aromatic carbocycles. The first-order valence-corrected chi connectivity index (χ1v) is 11.5. The molecule has 0 aliphatic heterocycles. The van der Waals surface area contributed by atoms with Crippen LogP contribution in [-0.2, 0) is 7.05 Å². The Balaban J connectivity index is 1.64. The van der Waals surface area contributed by atoms with Gasteiger partial charge in [0.2, 0.25) is 0 Å². The molecule has 6 nitrogen and oxygen atoms in total. The Labute approximate surface area is 204 Å². The first-order valence-electron chi connectivity index (χ1n) is 11.5. The van der Waals surface area contributed by atoms with E-state index >= 15 is 0 Å². The van der Waals surface area contributed by atoms with Crippen LogP contribution in [0.4, 0.5) is 0 Å². The van der Waals surface area contributed by atoms with Gasteiger partial charge in [-0.3, -0.25) is 0 Å². The summed E-state index contributed by atoms with van der Waals surface area (Å²) in [6.45, 7) is 4.01. The van der Waals surface area contributed by atoms with Gasteiger partial charge in [0, 0.05) is 24.4 Å². The third-order valence-corrected chi connectivity index (χ3v) is 5.71. The van der Waals surface area contributed by atoms with E-state index < -0.39 is 0 Å². The highest BCUT2D eigenvalue weighted by Crippen LogP contribution is 2.30. The molecule has 2 aromatic heterocycles. The standard InChI is InChI=1S/C29H25N5O/c1-20(2)35-25-15-13-21(14-16-25)28-23(19-34(32-28)24-9-5-4-6-10-24)17-22(18-30)29-31-26-11-7-8-12-27(26)33(29)3/h4-17,19-20H,1-3H3/b22-17-. The summed E-state index contributed by atoms with van der Waals surface area (Å²) in [4.78, 5) is 4.71. The number of nitriles is 1. The molecule has 2 heterocycles. The van der Waals surface area contributed by atoms with Crippen LogP contribution < -0.4 is 4.74 Å². The van der Waals surface area contributed by atoms with E-state index in [2.05, 4.69) is 6.07 Å². The zero-order valence-corrected chi connectivity index (χ0v) is 19.9. The highest BCUT2D eigenvalue weighted by molar-refractivity contribution is 5.93. The number of allylic oxidation sites excluding steroid dienone is 1. The molecular formula is C29H25N5O. The van der Waals surface area contributed by atoms with Crippen molar-refractivity contribution in [3.05, 3.63) is 96.4 Å². The molecule has 0 bridgehead atoms. The predicted molar refractivity (Wildman–Crippen MR) is 139 cm³/mol. The number of hydrogen-bond donors (Lipinski definition) is 0. The SMILES string of the molecule is CC(C)Oc1ccc(-c2nn(-c3ccccc3)cc2/C=C(/C#N)c2nc3ccccc3n2C)cc1. The van der Waals surface area contributed by atoms with Crippen LogP contribution in [0.5, 0.6) is 5.75 Å². The molecule has 0 unspecified atom stereocenters. The van der Waals surface area contributed by atoms with Gasteiger partial charge in [0.25, 0.3) is 0 Å². The summed E-state index contributed by atoms with van der Waals surface area (Å²) in [5.41, 5.74) is 5.78. The van der Waals surface area contributed by atoms with Crippen LogP contribution in [0, 0.1) is 11.3 Å². The highest BCUT2D eigenvalue weighted by atomic mass is 16.5. The average molecular weight is 460 g/mol. The van der Waals surface area contributed by atoms with Crippen LogP contribution in [0.1, 0.15) is 25.2 Å². The van der Waals surface area contributed by atoms with Crippen LogP contribution in [0.15, 0.2) is 85.1 Å². The van der Waals surface area contributed by atoms with Gasteiger partial charge in [0.05, 0.1) is 34.1 Å². The van der Waals surface area contributed by atoms with Gasteiger partial charge in [-0.25, -0.2) is 9.67 Å². The third-order valence-electron chi connectivity index (χ3n) is 5.71. The summed E-state index contributed by atoms with van der Waals surface area (Å²) in [5.74, 6) is 1.42. The van der Waals surface area contributed by atoms with E-state index in [9.17, 15) is 5.26 Å². The van der Waals surface area contributed by atoms with E-state index in [0.717, 1.165) is 39.3 Å². The fraction of sp³-hybridized carbons (Fsp3) is 0.138. The Kier molecular flexibility index (Phi) is 5.90. The summed E-state index contributed by atoms with van der Waals surface area (Å²) < 4.78 is 9.59. The summed E-state index contributed by atoms with van der Waals surface area (Å²) in [5, 5.41) is 15.0. The molecule has 0 aliphatic carbocycles. The molecule has 0 radical (unpaired) electrons. The largest absolute Gasteiger partial charge is 0.491 e. The summed E-state index contributed by atoms with van der Waals surface area (Å²) in [7, 11) is 1.93. The number of imidazole rings is 1. The van der Waals surface area contributed by atoms with E-state index in [-0.39, 0.29) is 6.10 Å². The minimum atomic E-state index is 0.100. The molecule has 0 spiro atoms. The number of aromatic nitrogens is 4. The maximum atomic E-state index is 10.1. The lowest BCUT2D eigenvalue weighted by Gasteiger charge is -2.09. The van der Waals surface area contributed by atoms with E-state index in [1.807, 2.05) is 121 Å². The van der Waals surface area contributed by atoms with Gasteiger partial charge >= 0.3 is 0 Å². The van der Waals surface area contributed by atoms with Crippen molar-refractivity contribution >= 4 is 22.7 Å². The Morgan fingerprint density at radius 3 is 2.37 bits per heavy atom. The number of para-hydroxylation sites is 3. The lowest BCUT2D eigenvalue weighted by atomic mass is 10.1. The highest BCUT2D eigenvalue weighted by Gasteiger charge is 2.16. The Hall–Kier alpha value is -4.63. The second kappa shape index (κ2) is 9.32. The first kappa shape index (κ1) is 22.2. The summed E-state index contributed by atoms with van der Waals surface area (Å²) >= 11 is 0. The molecule has 0 N–H and O–H groups in total. The van der Waals surface area contributed by atoms with Crippen LogP contribution >= 0.6 is 0 Å². The van der Waals surface area contributed by atoms with Crippen molar-refractivity contribution in [3.63, 3.8) is 0 Å². The van der Waals surface area contributed by atoms with Gasteiger partial charge in [0.1, 0.15) is 11.8 Å². The number of nitrogens with zero attached hydrogens (tertiary/aromatic N) is 5. The fourth-order valence-corrected chi connectivity index (χ4v) is 4.08. The first-order chi connectivity index (χ1) is 17.0. The van der Waals surface area contributed by atoms with Gasteiger partial charge in [-0.05, 0) is 68.5 Å². The van der Waals surface area contributed by atoms with Gasteiger partial charge in [0.15, 0.2) is 5.82 Å². The second-order valence-corrected chi connectivity index (χ2v) is 8.56. The Morgan fingerprint density at radius 2 is 1.69 bits per heavy atom. The third kappa shape index (κ3) is 4.44. The summed E-state index contributed by atoms with van der Waals surface area (Å²) in [6.07, 6.45) is 3.91. The zero-order chi connectivity index (χ0) is 24.4. The van der Waals surface area contributed by atoms with Gasteiger partial charge in [-0.1, -0.05) is 30.3 Å². The van der Waals surface area contributed by atoms with E-state index in [0.29, 0.717) is 11.4 Å². The van der Waals surface area contributed by atoms with Crippen molar-refractivity contribution in [2.24, 2.45) is 7.05 Å². The van der Waals surface area contributed by atoms with Crippen molar-refractivity contribution < 1.29 is 4.74 Å². The van der Waals surface area contributed by atoms with Crippen molar-refractivity contribution in [3.8, 4) is 28.8 Å². The molecule has 0 saturated heterocycles.